The molecule has 0 bridgehead atoms. The molecule has 0 radical (unpaired) electrons. The summed E-state index contributed by atoms with van der Waals surface area (Å²) in [6, 6.07) is 6.41. The highest BCUT2D eigenvalue weighted by Gasteiger charge is 2.22. The molecule has 1 aliphatic rings. The maximum atomic E-state index is 12.3. The molecule has 0 saturated carbocycles. The quantitative estimate of drug-likeness (QED) is 0.886. The molecule has 6 heteroatoms. The molecule has 19 heavy (non-hydrogen) atoms. The zero-order valence-corrected chi connectivity index (χ0v) is 11.6. The summed E-state index contributed by atoms with van der Waals surface area (Å²) in [5, 5.41) is 9.09. The maximum Gasteiger partial charge on any atom is 0.336 e. The first-order valence-corrected chi connectivity index (χ1v) is 7.40. The Kier molecular flexibility index (Phi) is 4.68. The number of rotatable bonds is 4. The number of carboxylic acids is 1. The van der Waals surface area contributed by atoms with E-state index in [-0.39, 0.29) is 11.7 Å². The lowest BCUT2D eigenvalue weighted by atomic mass is 10.2. The minimum absolute atomic E-state index is 0.102. The Hall–Kier alpha value is -1.24. The van der Waals surface area contributed by atoms with Gasteiger partial charge < -0.3 is 14.7 Å². The SMILES string of the molecule is CN1CCOC(CS(=O)c2ccccc2C(=O)O)C1. The number of likely N-dealkylation sites (N-methyl/N-ethyl adjacent to an activating group) is 1. The van der Waals surface area contributed by atoms with Gasteiger partial charge in [-0.3, -0.25) is 4.21 Å². The molecule has 1 aromatic carbocycles. The van der Waals surface area contributed by atoms with Crippen LogP contribution in [-0.4, -0.2) is 58.8 Å². The van der Waals surface area contributed by atoms with Crippen molar-refractivity contribution in [3.05, 3.63) is 29.8 Å². The summed E-state index contributed by atoms with van der Waals surface area (Å²) in [6.45, 7) is 2.22. The fourth-order valence-electron chi connectivity index (χ4n) is 2.07. The van der Waals surface area contributed by atoms with Crippen molar-refractivity contribution < 1.29 is 18.8 Å². The van der Waals surface area contributed by atoms with E-state index in [0.717, 1.165) is 13.1 Å². The van der Waals surface area contributed by atoms with E-state index in [4.69, 9.17) is 9.84 Å². The van der Waals surface area contributed by atoms with Gasteiger partial charge in [-0.2, -0.15) is 0 Å². The van der Waals surface area contributed by atoms with Crippen LogP contribution >= 0.6 is 0 Å². The summed E-state index contributed by atoms with van der Waals surface area (Å²) in [6.07, 6.45) is -0.110. The van der Waals surface area contributed by atoms with E-state index >= 15 is 0 Å². The van der Waals surface area contributed by atoms with Crippen molar-refractivity contribution in [1.29, 1.82) is 0 Å². The number of aromatic carboxylic acids is 1. The van der Waals surface area contributed by atoms with Crippen molar-refractivity contribution in [3.63, 3.8) is 0 Å². The molecule has 1 N–H and O–H groups in total. The van der Waals surface area contributed by atoms with Gasteiger partial charge in [0.2, 0.25) is 0 Å². The molecule has 2 atom stereocenters. The van der Waals surface area contributed by atoms with Gasteiger partial charge in [0.1, 0.15) is 0 Å². The van der Waals surface area contributed by atoms with Gasteiger partial charge in [0, 0.05) is 13.1 Å². The van der Waals surface area contributed by atoms with Gasteiger partial charge in [0.25, 0.3) is 0 Å². The van der Waals surface area contributed by atoms with E-state index in [0.29, 0.717) is 17.3 Å². The topological polar surface area (TPSA) is 66.8 Å². The molecule has 1 fully saturated rings. The Balaban J connectivity index is 2.09. The normalized spacial score (nSPS) is 22.1. The molecule has 2 rings (SSSR count). The van der Waals surface area contributed by atoms with E-state index in [9.17, 15) is 9.00 Å². The summed E-state index contributed by atoms with van der Waals surface area (Å²) in [4.78, 5) is 13.6. The zero-order valence-electron chi connectivity index (χ0n) is 10.7. The molecule has 2 unspecified atom stereocenters. The number of hydrogen-bond acceptors (Lipinski definition) is 4. The fraction of sp³-hybridized carbons (Fsp3) is 0.462. The Morgan fingerprint density at radius 2 is 2.26 bits per heavy atom. The van der Waals surface area contributed by atoms with Crippen LogP contribution < -0.4 is 0 Å². The summed E-state index contributed by atoms with van der Waals surface area (Å²) < 4.78 is 17.9. The summed E-state index contributed by atoms with van der Waals surface area (Å²) in [7, 11) is 0.629. The first kappa shape index (κ1) is 14.2. The van der Waals surface area contributed by atoms with Crippen LogP contribution in [0.3, 0.4) is 0 Å². The van der Waals surface area contributed by atoms with Crippen LogP contribution in [0.1, 0.15) is 10.4 Å². The molecular formula is C13H17NO4S. The number of benzene rings is 1. The van der Waals surface area contributed by atoms with Gasteiger partial charge in [0.15, 0.2) is 0 Å². The summed E-state index contributed by atoms with van der Waals surface area (Å²) in [5.41, 5.74) is 0.102. The number of nitrogens with zero attached hydrogens (tertiary/aromatic N) is 1. The van der Waals surface area contributed by atoms with Crippen LogP contribution in [0, 0.1) is 0 Å². The predicted molar refractivity (Wildman–Crippen MR) is 71.9 cm³/mol. The Labute approximate surface area is 114 Å². The van der Waals surface area contributed by atoms with Gasteiger partial charge >= 0.3 is 5.97 Å². The van der Waals surface area contributed by atoms with Crippen LogP contribution in [-0.2, 0) is 15.5 Å². The molecule has 0 aromatic heterocycles. The maximum absolute atomic E-state index is 12.3. The van der Waals surface area contributed by atoms with Crippen LogP contribution in [0.25, 0.3) is 0 Å². The van der Waals surface area contributed by atoms with Crippen molar-refractivity contribution in [3.8, 4) is 0 Å². The van der Waals surface area contributed by atoms with E-state index in [2.05, 4.69) is 4.90 Å². The van der Waals surface area contributed by atoms with Crippen LogP contribution in [0.5, 0.6) is 0 Å². The number of ether oxygens (including phenoxy) is 1. The third kappa shape index (κ3) is 3.62. The molecule has 104 valence electrons. The first-order chi connectivity index (χ1) is 9.08. The lowest BCUT2D eigenvalue weighted by molar-refractivity contribution is -0.00642. The van der Waals surface area contributed by atoms with Crippen molar-refractivity contribution >= 4 is 16.8 Å². The molecule has 5 nitrogen and oxygen atoms in total. The lowest BCUT2D eigenvalue weighted by Gasteiger charge is -2.29. The lowest BCUT2D eigenvalue weighted by Crippen LogP contribution is -2.42. The second kappa shape index (κ2) is 6.27. The average Bonchev–Trinajstić information content (AvgIpc) is 2.38. The monoisotopic (exact) mass is 283 g/mol. The van der Waals surface area contributed by atoms with Crippen LogP contribution in [0.4, 0.5) is 0 Å². The van der Waals surface area contributed by atoms with Crippen molar-refractivity contribution in [2.75, 3.05) is 32.5 Å². The number of morpholine rings is 1. The highest BCUT2D eigenvalue weighted by Crippen LogP contribution is 2.16. The van der Waals surface area contributed by atoms with Crippen LogP contribution in [0.15, 0.2) is 29.2 Å². The minimum atomic E-state index is -1.36. The molecule has 1 heterocycles. The zero-order chi connectivity index (χ0) is 13.8. The molecule has 0 spiro atoms. The second-order valence-electron chi connectivity index (χ2n) is 4.57. The molecule has 1 aliphatic heterocycles. The molecular weight excluding hydrogens is 266 g/mol. The van der Waals surface area contributed by atoms with E-state index in [1.165, 1.54) is 6.07 Å². The van der Waals surface area contributed by atoms with Gasteiger partial charge in [-0.1, -0.05) is 12.1 Å². The smallest absolute Gasteiger partial charge is 0.336 e. The standard InChI is InChI=1S/C13H17NO4S/c1-14-6-7-18-10(8-14)9-19(17)12-5-3-2-4-11(12)13(15)16/h2-5,10H,6-9H2,1H3,(H,15,16). The summed E-state index contributed by atoms with van der Waals surface area (Å²) in [5.74, 6) is -0.722. The minimum Gasteiger partial charge on any atom is -0.478 e. The van der Waals surface area contributed by atoms with Crippen molar-refractivity contribution in [2.24, 2.45) is 0 Å². The predicted octanol–water partition coefficient (Wildman–Crippen LogP) is 0.823. The highest BCUT2D eigenvalue weighted by atomic mass is 32.2. The summed E-state index contributed by atoms with van der Waals surface area (Å²) >= 11 is 0. The average molecular weight is 283 g/mol. The molecule has 0 aliphatic carbocycles. The third-order valence-corrected chi connectivity index (χ3v) is 4.56. The number of carbonyl (C=O) groups is 1. The molecule has 0 amide bonds. The van der Waals surface area contributed by atoms with Gasteiger partial charge in [0.05, 0.1) is 39.7 Å². The molecule has 1 saturated heterocycles. The Bertz CT molecular complexity index is 491. The van der Waals surface area contributed by atoms with Crippen molar-refractivity contribution in [1.82, 2.24) is 4.90 Å². The molecule has 1 aromatic rings. The number of carboxylic acid groups (broad SMARTS) is 1. The fourth-order valence-corrected chi connectivity index (χ4v) is 3.42. The highest BCUT2D eigenvalue weighted by molar-refractivity contribution is 7.85. The van der Waals surface area contributed by atoms with E-state index in [1.54, 1.807) is 18.2 Å². The van der Waals surface area contributed by atoms with Crippen LogP contribution in [0.2, 0.25) is 0 Å². The van der Waals surface area contributed by atoms with Gasteiger partial charge in [-0.25, -0.2) is 4.79 Å². The number of hydrogen-bond donors (Lipinski definition) is 1. The van der Waals surface area contributed by atoms with Gasteiger partial charge in [-0.15, -0.1) is 0 Å². The van der Waals surface area contributed by atoms with E-state index in [1.807, 2.05) is 7.05 Å². The Morgan fingerprint density at radius 3 is 2.95 bits per heavy atom. The second-order valence-corrected chi connectivity index (χ2v) is 6.03. The third-order valence-electron chi connectivity index (χ3n) is 3.04. The van der Waals surface area contributed by atoms with E-state index < -0.39 is 16.8 Å². The Morgan fingerprint density at radius 1 is 1.53 bits per heavy atom. The van der Waals surface area contributed by atoms with Gasteiger partial charge in [-0.05, 0) is 19.2 Å². The first-order valence-electron chi connectivity index (χ1n) is 6.09. The largest absolute Gasteiger partial charge is 0.478 e. The van der Waals surface area contributed by atoms with Crippen molar-refractivity contribution in [2.45, 2.75) is 11.0 Å².